The van der Waals surface area contributed by atoms with Gasteiger partial charge in [0.15, 0.2) is 0 Å². The van der Waals surface area contributed by atoms with Gasteiger partial charge in [0.05, 0.1) is 12.8 Å². The second-order valence-electron chi connectivity index (χ2n) is 5.16. The lowest BCUT2D eigenvalue weighted by Crippen LogP contribution is -2.13. The Labute approximate surface area is 146 Å². The van der Waals surface area contributed by atoms with E-state index in [1.54, 1.807) is 7.11 Å². The van der Waals surface area contributed by atoms with Crippen LogP contribution in [0, 0.1) is 0 Å². The summed E-state index contributed by atoms with van der Waals surface area (Å²) < 4.78 is 5.20. The number of hydrogen-bond donors (Lipinski definition) is 1. The largest absolute Gasteiger partial charge is 0.497 e. The fraction of sp³-hybridized carbons (Fsp3) is 0.0500. The lowest BCUT2D eigenvalue weighted by molar-refractivity contribution is 0.415. The number of nitrogens with one attached hydrogen (secondary N) is 1. The first kappa shape index (κ1) is 16.1. The van der Waals surface area contributed by atoms with Crippen molar-refractivity contribution in [2.45, 2.75) is 0 Å². The number of aliphatic imine (C=N–C) groups is 1. The zero-order chi connectivity index (χ0) is 16.8. The maximum Gasteiger partial charge on any atom is 0.138 e. The molecule has 3 rings (SSSR count). The minimum Gasteiger partial charge on any atom is -0.497 e. The number of halogens is 1. The van der Waals surface area contributed by atoms with Crippen molar-refractivity contribution in [3.8, 4) is 5.75 Å². The Balaban J connectivity index is 1.94. The summed E-state index contributed by atoms with van der Waals surface area (Å²) in [5, 5.41) is 4.06. The number of rotatable bonds is 4. The summed E-state index contributed by atoms with van der Waals surface area (Å²) >= 11 is 5.95. The van der Waals surface area contributed by atoms with E-state index in [-0.39, 0.29) is 0 Å². The molecule has 0 aliphatic rings. The second-order valence-corrected chi connectivity index (χ2v) is 5.59. The average Bonchev–Trinajstić information content (AvgIpc) is 2.64. The van der Waals surface area contributed by atoms with E-state index >= 15 is 0 Å². The molecule has 0 fully saturated rings. The van der Waals surface area contributed by atoms with Crippen LogP contribution in [0.2, 0.25) is 5.02 Å². The molecule has 0 saturated carbocycles. The van der Waals surface area contributed by atoms with Crippen LogP contribution in [0.3, 0.4) is 0 Å². The van der Waals surface area contributed by atoms with E-state index in [0.717, 1.165) is 28.5 Å². The smallest absolute Gasteiger partial charge is 0.138 e. The van der Waals surface area contributed by atoms with E-state index in [2.05, 4.69) is 5.32 Å². The Kier molecular flexibility index (Phi) is 5.14. The first-order valence-electron chi connectivity index (χ1n) is 7.55. The highest BCUT2D eigenvalue weighted by molar-refractivity contribution is 6.30. The summed E-state index contributed by atoms with van der Waals surface area (Å²) in [6, 6.07) is 25.2. The summed E-state index contributed by atoms with van der Waals surface area (Å²) in [6.07, 6.45) is 0. The highest BCUT2D eigenvalue weighted by atomic mass is 35.5. The third-order valence-electron chi connectivity index (χ3n) is 3.47. The maximum absolute atomic E-state index is 5.95. The molecular weight excluding hydrogens is 320 g/mol. The molecule has 120 valence electrons. The Morgan fingerprint density at radius 2 is 1.54 bits per heavy atom. The monoisotopic (exact) mass is 336 g/mol. The zero-order valence-corrected chi connectivity index (χ0v) is 14.0. The fourth-order valence-corrected chi connectivity index (χ4v) is 2.34. The summed E-state index contributed by atoms with van der Waals surface area (Å²) in [5.74, 6) is 1.58. The van der Waals surface area contributed by atoms with Crippen molar-refractivity contribution in [1.29, 1.82) is 0 Å². The molecule has 0 saturated heterocycles. The van der Waals surface area contributed by atoms with Crippen LogP contribution >= 0.6 is 11.6 Å². The molecule has 3 aromatic rings. The van der Waals surface area contributed by atoms with Gasteiger partial charge in [-0.2, -0.15) is 0 Å². The quantitative estimate of drug-likeness (QED) is 0.501. The van der Waals surface area contributed by atoms with Gasteiger partial charge in [0, 0.05) is 16.3 Å². The molecule has 0 bridgehead atoms. The topological polar surface area (TPSA) is 33.6 Å². The van der Waals surface area contributed by atoms with Gasteiger partial charge in [0.2, 0.25) is 0 Å². The van der Waals surface area contributed by atoms with Gasteiger partial charge in [-0.1, -0.05) is 41.9 Å². The summed E-state index contributed by atoms with van der Waals surface area (Å²) in [4.78, 5) is 4.72. The van der Waals surface area contributed by atoms with E-state index in [4.69, 9.17) is 21.3 Å². The van der Waals surface area contributed by atoms with Crippen LogP contribution in [0.4, 0.5) is 11.4 Å². The lowest BCUT2D eigenvalue weighted by Gasteiger charge is -2.11. The van der Waals surface area contributed by atoms with Gasteiger partial charge in [-0.15, -0.1) is 0 Å². The third kappa shape index (κ3) is 4.15. The molecule has 24 heavy (non-hydrogen) atoms. The second kappa shape index (κ2) is 7.66. The summed E-state index contributed by atoms with van der Waals surface area (Å²) in [6.45, 7) is 0. The first-order valence-corrected chi connectivity index (χ1v) is 7.93. The molecular formula is C20H17ClN2O. The van der Waals surface area contributed by atoms with Crippen molar-refractivity contribution in [3.63, 3.8) is 0 Å². The summed E-state index contributed by atoms with van der Waals surface area (Å²) in [5.41, 5.74) is 2.77. The van der Waals surface area contributed by atoms with Crippen LogP contribution < -0.4 is 10.1 Å². The predicted octanol–water partition coefficient (Wildman–Crippen LogP) is 5.54. The van der Waals surface area contributed by atoms with Crippen molar-refractivity contribution in [2.24, 2.45) is 4.99 Å². The highest BCUT2D eigenvalue weighted by Crippen LogP contribution is 2.20. The van der Waals surface area contributed by atoms with Crippen molar-refractivity contribution in [2.75, 3.05) is 12.4 Å². The van der Waals surface area contributed by atoms with Crippen molar-refractivity contribution in [3.05, 3.63) is 89.4 Å². The van der Waals surface area contributed by atoms with Crippen LogP contribution in [0.15, 0.2) is 83.9 Å². The molecule has 0 spiro atoms. The molecule has 0 atom stereocenters. The average molecular weight is 337 g/mol. The fourth-order valence-electron chi connectivity index (χ4n) is 2.22. The van der Waals surface area contributed by atoms with E-state index in [9.17, 15) is 0 Å². The van der Waals surface area contributed by atoms with E-state index in [1.165, 1.54) is 0 Å². The minimum atomic E-state index is 0.693. The lowest BCUT2D eigenvalue weighted by atomic mass is 10.2. The number of benzene rings is 3. The third-order valence-corrected chi connectivity index (χ3v) is 3.72. The number of methoxy groups -OCH3 is 1. The van der Waals surface area contributed by atoms with E-state index in [0.29, 0.717) is 5.02 Å². The Bertz CT molecular complexity index is 813. The molecule has 0 amide bonds. The van der Waals surface area contributed by atoms with Crippen LogP contribution in [0.25, 0.3) is 0 Å². The predicted molar refractivity (Wildman–Crippen MR) is 101 cm³/mol. The number of amidine groups is 1. The molecule has 3 nitrogen and oxygen atoms in total. The standard InChI is InChI=1S/C20H17ClN2O/c1-24-19-13-11-18(12-14-19)23-20(15-5-3-2-4-6-15)22-17-9-7-16(21)8-10-17/h2-14H,1H3,(H,22,23). The number of hydrogen-bond acceptors (Lipinski definition) is 2. The molecule has 0 aromatic heterocycles. The van der Waals surface area contributed by atoms with Gasteiger partial charge in [0.1, 0.15) is 11.6 Å². The highest BCUT2D eigenvalue weighted by Gasteiger charge is 2.05. The van der Waals surface area contributed by atoms with Crippen LogP contribution in [-0.4, -0.2) is 12.9 Å². The van der Waals surface area contributed by atoms with Crippen LogP contribution in [0.1, 0.15) is 5.56 Å². The van der Waals surface area contributed by atoms with Crippen molar-refractivity contribution >= 4 is 28.8 Å². The number of anilines is 1. The molecule has 0 heterocycles. The molecule has 3 aromatic carbocycles. The number of ether oxygens (including phenoxy) is 1. The van der Waals surface area contributed by atoms with Gasteiger partial charge in [-0.05, 0) is 48.5 Å². The molecule has 4 heteroatoms. The normalized spacial score (nSPS) is 11.2. The molecule has 0 aliphatic carbocycles. The van der Waals surface area contributed by atoms with Crippen LogP contribution in [0.5, 0.6) is 5.75 Å². The van der Waals surface area contributed by atoms with Gasteiger partial charge < -0.3 is 10.1 Å². The van der Waals surface area contributed by atoms with Gasteiger partial charge in [-0.25, -0.2) is 4.99 Å². The van der Waals surface area contributed by atoms with Crippen molar-refractivity contribution in [1.82, 2.24) is 0 Å². The Morgan fingerprint density at radius 1 is 0.875 bits per heavy atom. The van der Waals surface area contributed by atoms with Gasteiger partial charge in [0.25, 0.3) is 0 Å². The van der Waals surface area contributed by atoms with Crippen molar-refractivity contribution < 1.29 is 4.74 Å². The molecule has 0 unspecified atom stereocenters. The molecule has 1 N–H and O–H groups in total. The minimum absolute atomic E-state index is 0.693. The van der Waals surface area contributed by atoms with Gasteiger partial charge >= 0.3 is 0 Å². The molecule has 0 aliphatic heterocycles. The van der Waals surface area contributed by atoms with E-state index < -0.39 is 0 Å². The zero-order valence-electron chi connectivity index (χ0n) is 13.2. The molecule has 0 radical (unpaired) electrons. The van der Waals surface area contributed by atoms with E-state index in [1.807, 2.05) is 78.9 Å². The SMILES string of the molecule is COc1ccc(NC(=Nc2ccc(Cl)cc2)c2ccccc2)cc1. The Hall–Kier alpha value is -2.78. The van der Waals surface area contributed by atoms with Crippen LogP contribution in [-0.2, 0) is 0 Å². The maximum atomic E-state index is 5.95. The van der Waals surface area contributed by atoms with Gasteiger partial charge in [-0.3, -0.25) is 0 Å². The first-order chi connectivity index (χ1) is 11.7. The number of nitrogens with zero attached hydrogens (tertiary/aromatic N) is 1. The Morgan fingerprint density at radius 3 is 2.17 bits per heavy atom. The summed E-state index contributed by atoms with van der Waals surface area (Å²) in [7, 11) is 1.65.